The van der Waals surface area contributed by atoms with Crippen LogP contribution >= 0.6 is 0 Å². The van der Waals surface area contributed by atoms with E-state index in [2.05, 4.69) is 15.1 Å². The SMILES string of the molecule is COC(=O)Cc1[nH]n(-c2ccccc2)c(=O)c1/C(C)=N/c1ccccn1. The number of nitrogens with one attached hydrogen (secondary N) is 1. The Bertz CT molecular complexity index is 989. The van der Waals surface area contributed by atoms with Crippen LogP contribution in [0.1, 0.15) is 18.2 Å². The van der Waals surface area contributed by atoms with E-state index < -0.39 is 5.97 Å². The Labute approximate surface area is 150 Å². The summed E-state index contributed by atoms with van der Waals surface area (Å²) < 4.78 is 6.13. The van der Waals surface area contributed by atoms with Crippen molar-refractivity contribution in [3.63, 3.8) is 0 Å². The van der Waals surface area contributed by atoms with E-state index in [1.165, 1.54) is 11.8 Å². The molecule has 0 amide bonds. The summed E-state index contributed by atoms with van der Waals surface area (Å²) in [7, 11) is 1.31. The summed E-state index contributed by atoms with van der Waals surface area (Å²) >= 11 is 0. The van der Waals surface area contributed by atoms with Crippen molar-refractivity contribution in [3.8, 4) is 5.69 Å². The second-order valence-electron chi connectivity index (χ2n) is 5.58. The number of carbonyl (C=O) groups excluding carboxylic acids is 1. The maximum atomic E-state index is 13.0. The molecule has 0 atom stereocenters. The lowest BCUT2D eigenvalue weighted by Gasteiger charge is -2.01. The average Bonchev–Trinajstić information content (AvgIpc) is 2.99. The van der Waals surface area contributed by atoms with Crippen LogP contribution in [-0.4, -0.2) is 33.6 Å². The first-order chi connectivity index (χ1) is 12.6. The van der Waals surface area contributed by atoms with Crippen LogP contribution < -0.4 is 5.56 Å². The number of para-hydroxylation sites is 1. The number of rotatable bonds is 5. The number of carbonyl (C=O) groups is 1. The fourth-order valence-electron chi connectivity index (χ4n) is 2.61. The molecule has 132 valence electrons. The highest BCUT2D eigenvalue weighted by Gasteiger charge is 2.20. The van der Waals surface area contributed by atoms with E-state index in [4.69, 9.17) is 4.74 Å². The fraction of sp³-hybridized carbons (Fsp3) is 0.158. The second-order valence-corrected chi connectivity index (χ2v) is 5.58. The molecule has 0 bridgehead atoms. The monoisotopic (exact) mass is 350 g/mol. The van der Waals surface area contributed by atoms with Gasteiger partial charge < -0.3 is 4.74 Å². The van der Waals surface area contributed by atoms with E-state index in [-0.39, 0.29) is 12.0 Å². The van der Waals surface area contributed by atoms with Crippen LogP contribution in [0.4, 0.5) is 5.82 Å². The lowest BCUT2D eigenvalue weighted by atomic mass is 10.1. The molecule has 26 heavy (non-hydrogen) atoms. The highest BCUT2D eigenvalue weighted by molar-refractivity contribution is 6.01. The highest BCUT2D eigenvalue weighted by atomic mass is 16.5. The summed E-state index contributed by atoms with van der Waals surface area (Å²) in [6.07, 6.45) is 1.57. The molecule has 0 radical (unpaired) electrons. The van der Waals surface area contributed by atoms with Gasteiger partial charge in [-0.1, -0.05) is 24.3 Å². The maximum absolute atomic E-state index is 13.0. The first kappa shape index (κ1) is 17.3. The Hall–Kier alpha value is -3.48. The number of pyridine rings is 1. The molecule has 2 aromatic heterocycles. The minimum Gasteiger partial charge on any atom is -0.469 e. The summed E-state index contributed by atoms with van der Waals surface area (Å²) in [6.45, 7) is 1.72. The molecule has 0 fully saturated rings. The fourth-order valence-corrected chi connectivity index (χ4v) is 2.61. The van der Waals surface area contributed by atoms with Crippen molar-refractivity contribution in [2.75, 3.05) is 7.11 Å². The zero-order valence-electron chi connectivity index (χ0n) is 14.5. The molecule has 7 nitrogen and oxygen atoms in total. The summed E-state index contributed by atoms with van der Waals surface area (Å²) in [6, 6.07) is 14.5. The number of aliphatic imine (C=N–C) groups is 1. The molecule has 3 aromatic rings. The number of aromatic nitrogens is 3. The van der Waals surface area contributed by atoms with Gasteiger partial charge in [0.2, 0.25) is 0 Å². The third kappa shape index (κ3) is 3.61. The maximum Gasteiger partial charge on any atom is 0.311 e. The van der Waals surface area contributed by atoms with E-state index >= 15 is 0 Å². The molecule has 0 saturated heterocycles. The Balaban J connectivity index is 2.13. The highest BCUT2D eigenvalue weighted by Crippen LogP contribution is 2.13. The minimum atomic E-state index is -0.446. The van der Waals surface area contributed by atoms with Crippen molar-refractivity contribution in [2.45, 2.75) is 13.3 Å². The van der Waals surface area contributed by atoms with Gasteiger partial charge in [-0.2, -0.15) is 0 Å². The van der Waals surface area contributed by atoms with Gasteiger partial charge in [-0.3, -0.25) is 14.7 Å². The molecule has 0 aliphatic rings. The predicted molar refractivity (Wildman–Crippen MR) is 98.2 cm³/mol. The van der Waals surface area contributed by atoms with Gasteiger partial charge in [0, 0.05) is 6.20 Å². The molecule has 1 N–H and O–H groups in total. The number of esters is 1. The number of hydrogen-bond donors (Lipinski definition) is 1. The number of H-pyrrole nitrogens is 1. The van der Waals surface area contributed by atoms with E-state index in [9.17, 15) is 9.59 Å². The minimum absolute atomic E-state index is 0.0595. The molecule has 0 aliphatic heterocycles. The van der Waals surface area contributed by atoms with Gasteiger partial charge in [0.15, 0.2) is 5.82 Å². The van der Waals surface area contributed by atoms with Crippen LogP contribution in [0.5, 0.6) is 0 Å². The number of nitrogens with zero attached hydrogens (tertiary/aromatic N) is 3. The van der Waals surface area contributed by atoms with Gasteiger partial charge in [-0.15, -0.1) is 0 Å². The Kier molecular flexibility index (Phi) is 5.07. The lowest BCUT2D eigenvalue weighted by molar-refractivity contribution is -0.139. The molecule has 3 rings (SSSR count). The van der Waals surface area contributed by atoms with Gasteiger partial charge in [-0.05, 0) is 31.2 Å². The molecular formula is C19H18N4O3. The Morgan fingerprint density at radius 2 is 1.92 bits per heavy atom. The molecule has 7 heteroatoms. The predicted octanol–water partition coefficient (Wildman–Crippen LogP) is 2.42. The summed E-state index contributed by atoms with van der Waals surface area (Å²) in [4.78, 5) is 33.3. The van der Waals surface area contributed by atoms with Gasteiger partial charge in [-0.25, -0.2) is 14.7 Å². The van der Waals surface area contributed by atoms with Crippen LogP contribution in [0.15, 0.2) is 64.5 Å². The van der Waals surface area contributed by atoms with E-state index in [0.29, 0.717) is 28.5 Å². The second kappa shape index (κ2) is 7.60. The van der Waals surface area contributed by atoms with E-state index in [0.717, 1.165) is 0 Å². The molecule has 0 saturated carbocycles. The quantitative estimate of drug-likeness (QED) is 0.565. The molecule has 0 unspecified atom stereocenters. The van der Waals surface area contributed by atoms with Crippen molar-refractivity contribution in [2.24, 2.45) is 4.99 Å². The third-order valence-corrected chi connectivity index (χ3v) is 3.82. The molecule has 0 aliphatic carbocycles. The van der Waals surface area contributed by atoms with Crippen molar-refractivity contribution in [1.29, 1.82) is 0 Å². The van der Waals surface area contributed by atoms with E-state index in [1.54, 1.807) is 37.4 Å². The number of aromatic amines is 1. The molecule has 0 spiro atoms. The van der Waals surface area contributed by atoms with Crippen LogP contribution in [0.3, 0.4) is 0 Å². The van der Waals surface area contributed by atoms with Gasteiger partial charge in [0.1, 0.15) is 0 Å². The van der Waals surface area contributed by atoms with Crippen molar-refractivity contribution < 1.29 is 9.53 Å². The van der Waals surface area contributed by atoms with Crippen LogP contribution in [-0.2, 0) is 16.0 Å². The summed E-state index contributed by atoms with van der Waals surface area (Å²) in [5.41, 5.74) is 1.64. The Morgan fingerprint density at radius 3 is 2.58 bits per heavy atom. The molecular weight excluding hydrogens is 332 g/mol. The van der Waals surface area contributed by atoms with Crippen LogP contribution in [0, 0.1) is 0 Å². The van der Waals surface area contributed by atoms with Gasteiger partial charge in [0.05, 0.1) is 36.2 Å². The summed E-state index contributed by atoms with van der Waals surface area (Å²) in [5, 5.41) is 3.00. The number of benzene rings is 1. The average molecular weight is 350 g/mol. The first-order valence-corrected chi connectivity index (χ1v) is 8.03. The van der Waals surface area contributed by atoms with Crippen molar-refractivity contribution >= 4 is 17.5 Å². The van der Waals surface area contributed by atoms with Crippen LogP contribution in [0.2, 0.25) is 0 Å². The van der Waals surface area contributed by atoms with Crippen molar-refractivity contribution in [1.82, 2.24) is 14.8 Å². The topological polar surface area (TPSA) is 89.3 Å². The zero-order chi connectivity index (χ0) is 18.5. The van der Waals surface area contributed by atoms with Crippen molar-refractivity contribution in [3.05, 3.63) is 76.3 Å². The van der Waals surface area contributed by atoms with Gasteiger partial charge >= 0.3 is 5.97 Å². The molecule has 2 heterocycles. The van der Waals surface area contributed by atoms with E-state index in [1.807, 2.05) is 24.3 Å². The number of methoxy groups -OCH3 is 1. The summed E-state index contributed by atoms with van der Waals surface area (Å²) in [5.74, 6) is 0.0410. The normalized spacial score (nSPS) is 11.4. The lowest BCUT2D eigenvalue weighted by Crippen LogP contribution is -2.20. The first-order valence-electron chi connectivity index (χ1n) is 8.03. The number of hydrogen-bond acceptors (Lipinski definition) is 5. The molecule has 1 aromatic carbocycles. The zero-order valence-corrected chi connectivity index (χ0v) is 14.5. The van der Waals surface area contributed by atoms with Crippen LogP contribution in [0.25, 0.3) is 5.69 Å². The third-order valence-electron chi connectivity index (χ3n) is 3.82. The number of ether oxygens (including phenoxy) is 1. The largest absolute Gasteiger partial charge is 0.469 e. The Morgan fingerprint density at radius 1 is 1.19 bits per heavy atom. The smallest absolute Gasteiger partial charge is 0.311 e. The standard InChI is InChI=1S/C19H18N4O3/c1-13(21-16-10-6-7-11-20-16)18-15(12-17(24)26-2)22-23(19(18)25)14-8-4-3-5-9-14/h3-11,22H,12H2,1-2H3/b21-13+. The van der Waals surface area contributed by atoms with Gasteiger partial charge in [0.25, 0.3) is 5.56 Å².